The zero-order valence-electron chi connectivity index (χ0n) is 10.1. The highest BCUT2D eigenvalue weighted by molar-refractivity contribution is 7.99. The molecule has 0 bridgehead atoms. The van der Waals surface area contributed by atoms with Crippen LogP contribution in [0.4, 0.5) is 0 Å². The van der Waals surface area contributed by atoms with E-state index < -0.39 is 5.97 Å². The number of hydrogen-bond donors (Lipinski definition) is 2. The fraction of sp³-hybridized carbons (Fsp3) is 0.273. The number of aliphatic hydroxyl groups excluding tert-OH is 1. The van der Waals surface area contributed by atoms with Crippen LogP contribution in [0.5, 0.6) is 0 Å². The van der Waals surface area contributed by atoms with Crippen LogP contribution < -0.4 is 0 Å². The predicted octanol–water partition coefficient (Wildman–Crippen LogP) is 0.640. The maximum atomic E-state index is 10.6. The van der Waals surface area contributed by atoms with E-state index in [0.717, 1.165) is 17.3 Å². The van der Waals surface area contributed by atoms with Gasteiger partial charge in [0.2, 0.25) is 0 Å². The normalized spacial score (nSPS) is 10.6. The number of carbonyl (C=O) groups is 1. The smallest absolute Gasteiger partial charge is 0.313 e. The van der Waals surface area contributed by atoms with Gasteiger partial charge in [-0.3, -0.25) is 14.3 Å². The average Bonchev–Trinajstić information content (AvgIpc) is 2.79. The lowest BCUT2D eigenvalue weighted by Gasteiger charge is -2.08. The summed E-state index contributed by atoms with van der Waals surface area (Å²) in [5, 5.41) is 26.1. The Hall–Kier alpha value is -1.93. The van der Waals surface area contributed by atoms with Crippen LogP contribution in [-0.4, -0.2) is 41.7 Å². The SMILES string of the molecule is Cc1cncc(-n2c(CO)nnc2SCC(=O)O)c1. The first kappa shape index (κ1) is 13.5. The largest absolute Gasteiger partial charge is 0.481 e. The first-order valence-corrected chi connectivity index (χ1v) is 6.42. The number of aliphatic carboxylic acids is 1. The van der Waals surface area contributed by atoms with Gasteiger partial charge in [-0.25, -0.2) is 0 Å². The molecule has 0 aliphatic heterocycles. The molecule has 0 aromatic carbocycles. The number of rotatable bonds is 5. The molecular formula is C11H12N4O3S. The molecule has 0 radical (unpaired) electrons. The topological polar surface area (TPSA) is 101 Å². The highest BCUT2D eigenvalue weighted by Crippen LogP contribution is 2.22. The van der Waals surface area contributed by atoms with Gasteiger partial charge in [0.15, 0.2) is 11.0 Å². The summed E-state index contributed by atoms with van der Waals surface area (Å²) in [6, 6.07) is 1.86. The molecule has 0 saturated carbocycles. The number of pyridine rings is 1. The zero-order chi connectivity index (χ0) is 13.8. The summed E-state index contributed by atoms with van der Waals surface area (Å²) in [5.74, 6) is -0.712. The van der Waals surface area contributed by atoms with Crippen molar-refractivity contribution in [1.82, 2.24) is 19.7 Å². The molecule has 0 aliphatic carbocycles. The quantitative estimate of drug-likeness (QED) is 0.775. The number of carboxylic acid groups (broad SMARTS) is 1. The lowest BCUT2D eigenvalue weighted by atomic mass is 10.3. The number of thioether (sulfide) groups is 1. The second kappa shape index (κ2) is 5.81. The molecule has 2 aromatic heterocycles. The van der Waals surface area contributed by atoms with Crippen molar-refractivity contribution in [1.29, 1.82) is 0 Å². The van der Waals surface area contributed by atoms with Crippen molar-refractivity contribution in [3.05, 3.63) is 29.8 Å². The van der Waals surface area contributed by atoms with Crippen molar-refractivity contribution >= 4 is 17.7 Å². The van der Waals surface area contributed by atoms with Gasteiger partial charge in [-0.1, -0.05) is 11.8 Å². The molecule has 2 aromatic rings. The van der Waals surface area contributed by atoms with Gasteiger partial charge in [0.1, 0.15) is 6.61 Å². The molecule has 0 fully saturated rings. The van der Waals surface area contributed by atoms with Crippen molar-refractivity contribution in [2.45, 2.75) is 18.7 Å². The summed E-state index contributed by atoms with van der Waals surface area (Å²) in [6.07, 6.45) is 3.32. The van der Waals surface area contributed by atoms with E-state index >= 15 is 0 Å². The lowest BCUT2D eigenvalue weighted by Crippen LogP contribution is -2.05. The molecule has 19 heavy (non-hydrogen) atoms. The molecule has 0 aliphatic rings. The van der Waals surface area contributed by atoms with E-state index in [4.69, 9.17) is 5.11 Å². The summed E-state index contributed by atoms with van der Waals surface area (Å²) < 4.78 is 1.60. The van der Waals surface area contributed by atoms with E-state index in [2.05, 4.69) is 15.2 Å². The fourth-order valence-corrected chi connectivity index (χ4v) is 2.23. The Labute approximate surface area is 113 Å². The summed E-state index contributed by atoms with van der Waals surface area (Å²) in [5.41, 5.74) is 1.64. The van der Waals surface area contributed by atoms with Crippen molar-refractivity contribution < 1.29 is 15.0 Å². The summed E-state index contributed by atoms with van der Waals surface area (Å²) in [7, 11) is 0. The Morgan fingerprint density at radius 3 is 2.84 bits per heavy atom. The number of hydrogen-bond acceptors (Lipinski definition) is 6. The van der Waals surface area contributed by atoms with Crippen LogP contribution in [0.1, 0.15) is 11.4 Å². The minimum atomic E-state index is -0.938. The Morgan fingerprint density at radius 2 is 2.21 bits per heavy atom. The van der Waals surface area contributed by atoms with Crippen LogP contribution in [-0.2, 0) is 11.4 Å². The van der Waals surface area contributed by atoms with Crippen LogP contribution in [0.3, 0.4) is 0 Å². The van der Waals surface area contributed by atoms with Gasteiger partial charge >= 0.3 is 5.97 Å². The van der Waals surface area contributed by atoms with E-state index in [9.17, 15) is 9.90 Å². The predicted molar refractivity (Wildman–Crippen MR) is 68.2 cm³/mol. The fourth-order valence-electron chi connectivity index (χ4n) is 1.54. The van der Waals surface area contributed by atoms with Gasteiger partial charge in [0.05, 0.1) is 17.6 Å². The van der Waals surface area contributed by atoms with Crippen LogP contribution in [0.25, 0.3) is 5.69 Å². The standard InChI is InChI=1S/C11H12N4O3S/c1-7-2-8(4-12-3-7)15-9(5-16)13-14-11(15)19-6-10(17)18/h2-4,16H,5-6H2,1H3,(H,17,18). The third-order valence-corrected chi connectivity index (χ3v) is 3.20. The van der Waals surface area contributed by atoms with Crippen molar-refractivity contribution in [3.8, 4) is 5.69 Å². The van der Waals surface area contributed by atoms with Crippen LogP contribution >= 0.6 is 11.8 Å². The molecule has 100 valence electrons. The van der Waals surface area contributed by atoms with E-state index in [-0.39, 0.29) is 12.4 Å². The van der Waals surface area contributed by atoms with E-state index in [0.29, 0.717) is 16.7 Å². The molecule has 2 rings (SSSR count). The molecule has 0 amide bonds. The van der Waals surface area contributed by atoms with E-state index in [1.807, 2.05) is 13.0 Å². The number of aromatic nitrogens is 4. The van der Waals surface area contributed by atoms with Gasteiger partial charge in [0, 0.05) is 6.20 Å². The minimum absolute atomic E-state index is 0.122. The number of aryl methyl sites for hydroxylation is 1. The van der Waals surface area contributed by atoms with Crippen molar-refractivity contribution in [3.63, 3.8) is 0 Å². The Kier molecular flexibility index (Phi) is 4.13. The van der Waals surface area contributed by atoms with E-state index in [1.165, 1.54) is 0 Å². The zero-order valence-corrected chi connectivity index (χ0v) is 11.0. The van der Waals surface area contributed by atoms with Gasteiger partial charge in [-0.05, 0) is 18.6 Å². The molecule has 0 unspecified atom stereocenters. The highest BCUT2D eigenvalue weighted by atomic mass is 32.2. The minimum Gasteiger partial charge on any atom is -0.481 e. The number of carboxylic acids is 1. The third kappa shape index (κ3) is 3.09. The first-order chi connectivity index (χ1) is 9.11. The lowest BCUT2D eigenvalue weighted by molar-refractivity contribution is -0.133. The summed E-state index contributed by atoms with van der Waals surface area (Å²) in [6.45, 7) is 1.61. The Bertz CT molecular complexity index is 599. The maximum absolute atomic E-state index is 10.6. The average molecular weight is 280 g/mol. The van der Waals surface area contributed by atoms with Crippen LogP contribution in [0, 0.1) is 6.92 Å². The Balaban J connectivity index is 2.41. The molecule has 2 N–H and O–H groups in total. The number of nitrogens with zero attached hydrogens (tertiary/aromatic N) is 4. The molecule has 8 heteroatoms. The van der Waals surface area contributed by atoms with Gasteiger partial charge in [-0.15, -0.1) is 10.2 Å². The second-order valence-electron chi connectivity index (χ2n) is 3.80. The van der Waals surface area contributed by atoms with Crippen molar-refractivity contribution in [2.24, 2.45) is 0 Å². The molecule has 7 nitrogen and oxygen atoms in total. The van der Waals surface area contributed by atoms with Crippen molar-refractivity contribution in [2.75, 3.05) is 5.75 Å². The molecule has 0 atom stereocenters. The second-order valence-corrected chi connectivity index (χ2v) is 4.74. The highest BCUT2D eigenvalue weighted by Gasteiger charge is 2.15. The molecule has 0 saturated heterocycles. The molecule has 0 spiro atoms. The summed E-state index contributed by atoms with van der Waals surface area (Å²) in [4.78, 5) is 14.7. The maximum Gasteiger partial charge on any atom is 0.313 e. The van der Waals surface area contributed by atoms with Crippen LogP contribution in [0.15, 0.2) is 23.6 Å². The number of aliphatic hydroxyl groups is 1. The van der Waals surface area contributed by atoms with Crippen LogP contribution in [0.2, 0.25) is 0 Å². The van der Waals surface area contributed by atoms with E-state index in [1.54, 1.807) is 17.0 Å². The monoisotopic (exact) mass is 280 g/mol. The summed E-state index contributed by atoms with van der Waals surface area (Å²) >= 11 is 1.04. The first-order valence-electron chi connectivity index (χ1n) is 5.43. The van der Waals surface area contributed by atoms with Gasteiger partial charge in [-0.2, -0.15) is 0 Å². The third-order valence-electron chi connectivity index (χ3n) is 2.29. The molecule has 2 heterocycles. The molecular weight excluding hydrogens is 268 g/mol. The Morgan fingerprint density at radius 1 is 1.42 bits per heavy atom. The van der Waals surface area contributed by atoms with Gasteiger partial charge in [0.25, 0.3) is 0 Å². The van der Waals surface area contributed by atoms with Gasteiger partial charge < -0.3 is 10.2 Å².